The highest BCUT2D eigenvalue weighted by molar-refractivity contribution is 6.30. The number of carbonyl (C=O) groups is 1. The minimum Gasteiger partial charge on any atom is -0.300 e. The molecule has 0 aliphatic heterocycles. The Balaban J connectivity index is 2.78. The Morgan fingerprint density at radius 3 is 3.08 bits per heavy atom. The molecule has 0 fully saturated rings. The highest BCUT2D eigenvalue weighted by Gasteiger charge is 1.98. The van der Waals surface area contributed by atoms with Crippen LogP contribution in [0.3, 0.4) is 0 Å². The number of carbonyl (C=O) groups excluding carboxylic acids is 1. The molecular formula is C8H5ClN2O. The third-order valence-corrected chi connectivity index (χ3v) is 1.33. The molecule has 0 radical (unpaired) electrons. The summed E-state index contributed by atoms with van der Waals surface area (Å²) in [5, 5.41) is 2.86. The van der Waals surface area contributed by atoms with E-state index in [2.05, 4.69) is 10.3 Å². The highest BCUT2D eigenvalue weighted by Crippen LogP contribution is 2.11. The molecule has 3 nitrogen and oxygen atoms in total. The zero-order valence-corrected chi connectivity index (χ0v) is 6.80. The van der Waals surface area contributed by atoms with Crippen molar-refractivity contribution < 1.29 is 4.79 Å². The maximum Gasteiger partial charge on any atom is 0.301 e. The Morgan fingerprint density at radius 1 is 1.75 bits per heavy atom. The van der Waals surface area contributed by atoms with E-state index in [-0.39, 0.29) is 0 Å². The lowest BCUT2D eigenvalue weighted by Gasteiger charge is -1.98. The van der Waals surface area contributed by atoms with Gasteiger partial charge in [0.05, 0.1) is 0 Å². The van der Waals surface area contributed by atoms with Crippen molar-refractivity contribution in [3.05, 3.63) is 23.4 Å². The van der Waals surface area contributed by atoms with E-state index < -0.39 is 5.91 Å². The van der Waals surface area contributed by atoms with E-state index in [4.69, 9.17) is 18.0 Å². The molecule has 0 unspecified atom stereocenters. The number of nitrogens with one attached hydrogen (secondary N) is 1. The second-order valence-electron chi connectivity index (χ2n) is 1.96. The lowest BCUT2D eigenvalue weighted by Crippen LogP contribution is -2.08. The highest BCUT2D eigenvalue weighted by atomic mass is 35.5. The SMILES string of the molecule is C#CC(=O)Nc1cc(Cl)ccn1. The van der Waals surface area contributed by atoms with E-state index >= 15 is 0 Å². The van der Waals surface area contributed by atoms with Crippen LogP contribution in [0.2, 0.25) is 5.02 Å². The Kier molecular flexibility index (Phi) is 2.67. The van der Waals surface area contributed by atoms with Gasteiger partial charge in [-0.25, -0.2) is 4.98 Å². The maximum absolute atomic E-state index is 10.7. The number of pyridine rings is 1. The van der Waals surface area contributed by atoms with Crippen molar-refractivity contribution in [2.24, 2.45) is 0 Å². The number of hydrogen-bond acceptors (Lipinski definition) is 2. The summed E-state index contributed by atoms with van der Waals surface area (Å²) < 4.78 is 0. The van der Waals surface area contributed by atoms with E-state index in [1.54, 1.807) is 6.07 Å². The summed E-state index contributed by atoms with van der Waals surface area (Å²) in [5.74, 6) is 1.71. The fraction of sp³-hybridized carbons (Fsp3) is 0. The minimum atomic E-state index is -0.537. The van der Waals surface area contributed by atoms with Gasteiger partial charge < -0.3 is 0 Å². The van der Waals surface area contributed by atoms with Gasteiger partial charge in [0.25, 0.3) is 0 Å². The lowest BCUT2D eigenvalue weighted by molar-refractivity contribution is -0.111. The second-order valence-corrected chi connectivity index (χ2v) is 2.39. The quantitative estimate of drug-likeness (QED) is 0.662. The van der Waals surface area contributed by atoms with Gasteiger partial charge in [-0.05, 0) is 18.1 Å². The first kappa shape index (κ1) is 8.57. The van der Waals surface area contributed by atoms with Crippen molar-refractivity contribution in [3.8, 4) is 12.3 Å². The van der Waals surface area contributed by atoms with Gasteiger partial charge in [0.1, 0.15) is 5.82 Å². The average molecular weight is 181 g/mol. The largest absolute Gasteiger partial charge is 0.301 e. The predicted octanol–water partition coefficient (Wildman–Crippen LogP) is 1.31. The number of terminal acetylenes is 1. The van der Waals surface area contributed by atoms with Crippen LogP contribution in [0.25, 0.3) is 0 Å². The molecule has 60 valence electrons. The number of aromatic nitrogens is 1. The zero-order chi connectivity index (χ0) is 8.97. The first-order chi connectivity index (χ1) is 5.72. The monoisotopic (exact) mass is 180 g/mol. The molecule has 0 aliphatic rings. The lowest BCUT2D eigenvalue weighted by atomic mass is 10.4. The van der Waals surface area contributed by atoms with Gasteiger partial charge in [0, 0.05) is 11.2 Å². The van der Waals surface area contributed by atoms with E-state index in [0.29, 0.717) is 10.8 Å². The molecule has 0 aliphatic carbocycles. The van der Waals surface area contributed by atoms with E-state index in [9.17, 15) is 4.79 Å². The van der Waals surface area contributed by atoms with Crippen LogP contribution in [0.15, 0.2) is 18.3 Å². The Labute approximate surface area is 74.8 Å². The minimum absolute atomic E-state index is 0.352. The number of anilines is 1. The summed E-state index contributed by atoms with van der Waals surface area (Å²) in [6.45, 7) is 0. The molecule has 0 atom stereocenters. The molecule has 1 aromatic rings. The third kappa shape index (κ3) is 2.26. The first-order valence-corrected chi connectivity index (χ1v) is 3.49. The Bertz CT molecular complexity index is 343. The van der Waals surface area contributed by atoms with Crippen LogP contribution in [0.5, 0.6) is 0 Å². The Hall–Kier alpha value is -1.53. The van der Waals surface area contributed by atoms with E-state index in [1.165, 1.54) is 12.3 Å². The predicted molar refractivity (Wildman–Crippen MR) is 46.7 cm³/mol. The average Bonchev–Trinajstić information content (AvgIpc) is 2.04. The molecule has 0 saturated carbocycles. The van der Waals surface area contributed by atoms with Crippen LogP contribution >= 0.6 is 11.6 Å². The molecule has 1 heterocycles. The standard InChI is InChI=1S/C8H5ClN2O/c1-2-8(12)11-7-5-6(9)3-4-10-7/h1,3-5H,(H,10,11,12). The molecule has 0 saturated heterocycles. The van der Waals surface area contributed by atoms with Crippen LogP contribution < -0.4 is 5.32 Å². The molecular weight excluding hydrogens is 176 g/mol. The number of halogens is 1. The molecule has 1 N–H and O–H groups in total. The number of nitrogens with zero attached hydrogens (tertiary/aromatic N) is 1. The van der Waals surface area contributed by atoms with Gasteiger partial charge in [-0.3, -0.25) is 10.1 Å². The van der Waals surface area contributed by atoms with Gasteiger partial charge in [0.15, 0.2) is 0 Å². The molecule has 1 amide bonds. The topological polar surface area (TPSA) is 42.0 Å². The molecule has 0 bridgehead atoms. The number of rotatable bonds is 1. The van der Waals surface area contributed by atoms with Crippen molar-refractivity contribution in [3.63, 3.8) is 0 Å². The van der Waals surface area contributed by atoms with Crippen LogP contribution in [-0.2, 0) is 4.79 Å². The summed E-state index contributed by atoms with van der Waals surface area (Å²) in [7, 11) is 0. The molecule has 1 aromatic heterocycles. The summed E-state index contributed by atoms with van der Waals surface area (Å²) in [6.07, 6.45) is 6.32. The fourth-order valence-electron chi connectivity index (χ4n) is 0.626. The van der Waals surface area contributed by atoms with Crippen LogP contribution in [0.4, 0.5) is 5.82 Å². The third-order valence-electron chi connectivity index (χ3n) is 1.09. The molecule has 0 spiro atoms. The maximum atomic E-state index is 10.7. The van der Waals surface area contributed by atoms with Gasteiger partial charge >= 0.3 is 5.91 Å². The van der Waals surface area contributed by atoms with Crippen molar-refractivity contribution in [2.75, 3.05) is 5.32 Å². The van der Waals surface area contributed by atoms with Gasteiger partial charge in [0.2, 0.25) is 0 Å². The molecule has 4 heteroatoms. The first-order valence-electron chi connectivity index (χ1n) is 3.11. The van der Waals surface area contributed by atoms with Crippen molar-refractivity contribution >= 4 is 23.3 Å². The number of amides is 1. The summed E-state index contributed by atoms with van der Waals surface area (Å²) in [5.41, 5.74) is 0. The van der Waals surface area contributed by atoms with Gasteiger partial charge in [-0.2, -0.15) is 0 Å². The van der Waals surface area contributed by atoms with E-state index in [0.717, 1.165) is 0 Å². The molecule has 12 heavy (non-hydrogen) atoms. The van der Waals surface area contributed by atoms with Crippen molar-refractivity contribution in [1.29, 1.82) is 0 Å². The van der Waals surface area contributed by atoms with Crippen LogP contribution in [0.1, 0.15) is 0 Å². The second kappa shape index (κ2) is 3.74. The number of hydrogen-bond donors (Lipinski definition) is 1. The fourth-order valence-corrected chi connectivity index (χ4v) is 0.785. The smallest absolute Gasteiger partial charge is 0.300 e. The van der Waals surface area contributed by atoms with Gasteiger partial charge in [-0.1, -0.05) is 11.6 Å². The summed E-state index contributed by atoms with van der Waals surface area (Å²) in [4.78, 5) is 14.5. The Morgan fingerprint density at radius 2 is 2.50 bits per heavy atom. The molecule has 0 aromatic carbocycles. The summed E-state index contributed by atoms with van der Waals surface area (Å²) >= 11 is 5.63. The van der Waals surface area contributed by atoms with Gasteiger partial charge in [-0.15, -0.1) is 6.42 Å². The summed E-state index contributed by atoms with van der Waals surface area (Å²) in [6, 6.07) is 3.11. The van der Waals surface area contributed by atoms with Crippen LogP contribution in [-0.4, -0.2) is 10.9 Å². The van der Waals surface area contributed by atoms with Crippen LogP contribution in [0, 0.1) is 12.3 Å². The normalized spacial score (nSPS) is 8.67. The zero-order valence-electron chi connectivity index (χ0n) is 6.04. The van der Waals surface area contributed by atoms with Crippen molar-refractivity contribution in [2.45, 2.75) is 0 Å². The van der Waals surface area contributed by atoms with E-state index in [1.807, 2.05) is 5.92 Å². The van der Waals surface area contributed by atoms with Crippen molar-refractivity contribution in [1.82, 2.24) is 4.98 Å². The molecule has 1 rings (SSSR count).